The first kappa shape index (κ1) is 18.6. The Morgan fingerprint density at radius 2 is 2.26 bits per heavy atom. The lowest BCUT2D eigenvalue weighted by atomic mass is 10.1. The number of fused-ring (bicyclic) bond motifs is 3. The van der Waals surface area contributed by atoms with E-state index in [1.165, 1.54) is 16.0 Å². The van der Waals surface area contributed by atoms with Crippen molar-refractivity contribution >= 4 is 51.0 Å². The molecule has 0 radical (unpaired) electrons. The molecule has 1 aliphatic heterocycles. The van der Waals surface area contributed by atoms with Crippen molar-refractivity contribution < 1.29 is 4.79 Å². The van der Waals surface area contributed by atoms with Crippen LogP contribution in [-0.4, -0.2) is 27.0 Å². The molecule has 27 heavy (non-hydrogen) atoms. The van der Waals surface area contributed by atoms with Gasteiger partial charge in [-0.1, -0.05) is 23.9 Å². The van der Waals surface area contributed by atoms with Crippen molar-refractivity contribution in [2.75, 3.05) is 11.5 Å². The molecule has 3 aromatic rings. The maximum Gasteiger partial charge on any atom is 0.267 e. The number of hydrogen-bond donors (Lipinski definition) is 1. The van der Waals surface area contributed by atoms with Crippen molar-refractivity contribution in [2.45, 2.75) is 35.6 Å². The number of primary amides is 1. The van der Waals surface area contributed by atoms with E-state index < -0.39 is 0 Å². The molecule has 1 aliphatic rings. The second-order valence-electron chi connectivity index (χ2n) is 6.44. The van der Waals surface area contributed by atoms with Gasteiger partial charge in [-0.25, -0.2) is 4.98 Å². The van der Waals surface area contributed by atoms with Crippen molar-refractivity contribution in [3.8, 4) is 5.69 Å². The summed E-state index contributed by atoms with van der Waals surface area (Å²) in [5.41, 5.74) is 8.29. The smallest absolute Gasteiger partial charge is 0.267 e. The van der Waals surface area contributed by atoms with Crippen LogP contribution in [0.2, 0.25) is 0 Å². The van der Waals surface area contributed by atoms with Gasteiger partial charge in [0.1, 0.15) is 4.83 Å². The Morgan fingerprint density at radius 1 is 1.41 bits per heavy atom. The topological polar surface area (TPSA) is 78.0 Å². The molecule has 140 valence electrons. The van der Waals surface area contributed by atoms with E-state index >= 15 is 0 Å². The van der Waals surface area contributed by atoms with Crippen molar-refractivity contribution in [3.63, 3.8) is 0 Å². The van der Waals surface area contributed by atoms with Gasteiger partial charge < -0.3 is 5.73 Å². The number of aromatic nitrogens is 2. The number of nitrogens with zero attached hydrogens (tertiary/aromatic N) is 2. The minimum atomic E-state index is -0.351. The maximum atomic E-state index is 13.5. The summed E-state index contributed by atoms with van der Waals surface area (Å²) in [6.07, 6.45) is 2.27. The van der Waals surface area contributed by atoms with Gasteiger partial charge in [-0.05, 0) is 48.8 Å². The van der Waals surface area contributed by atoms with E-state index in [9.17, 15) is 9.59 Å². The van der Waals surface area contributed by atoms with Gasteiger partial charge in [0.15, 0.2) is 5.16 Å². The van der Waals surface area contributed by atoms with Gasteiger partial charge in [0.05, 0.1) is 15.3 Å². The largest absolute Gasteiger partial charge is 0.370 e. The average Bonchev–Trinajstić information content (AvgIpc) is 3.00. The van der Waals surface area contributed by atoms with Crippen LogP contribution in [0.3, 0.4) is 0 Å². The highest BCUT2D eigenvalue weighted by atomic mass is 32.2. The van der Waals surface area contributed by atoms with Crippen LogP contribution in [0.4, 0.5) is 0 Å². The molecule has 0 bridgehead atoms. The fourth-order valence-electron chi connectivity index (χ4n) is 3.16. The lowest BCUT2D eigenvalue weighted by Crippen LogP contribution is -2.22. The lowest BCUT2D eigenvalue weighted by Gasteiger charge is -2.13. The molecule has 0 unspecified atom stereocenters. The number of rotatable bonds is 5. The number of carbonyl (C=O) groups excluding carboxylic acids is 1. The molecule has 0 atom stereocenters. The normalized spacial score (nSPS) is 13.7. The highest BCUT2D eigenvalue weighted by Crippen LogP contribution is 2.41. The minimum absolute atomic E-state index is 0.0211. The number of hydrogen-bond acceptors (Lipinski definition) is 6. The van der Waals surface area contributed by atoms with Gasteiger partial charge in [0.2, 0.25) is 5.91 Å². The van der Waals surface area contributed by atoms with Gasteiger partial charge in [-0.3, -0.25) is 14.2 Å². The Kier molecular flexibility index (Phi) is 5.29. The highest BCUT2D eigenvalue weighted by Gasteiger charge is 2.23. The van der Waals surface area contributed by atoms with Crippen molar-refractivity contribution in [1.82, 2.24) is 9.55 Å². The molecule has 2 N–H and O–H groups in total. The van der Waals surface area contributed by atoms with Crippen molar-refractivity contribution in [3.05, 3.63) is 45.7 Å². The quantitative estimate of drug-likeness (QED) is 0.505. The van der Waals surface area contributed by atoms with Crippen molar-refractivity contribution in [1.29, 1.82) is 0 Å². The molecule has 5 nitrogen and oxygen atoms in total. The van der Waals surface area contributed by atoms with Gasteiger partial charge in [0.25, 0.3) is 5.56 Å². The molecule has 0 aliphatic carbocycles. The van der Waals surface area contributed by atoms with Crippen molar-refractivity contribution in [2.24, 2.45) is 5.73 Å². The third kappa shape index (κ3) is 3.66. The van der Waals surface area contributed by atoms with Crippen LogP contribution in [0.15, 0.2) is 38.4 Å². The Balaban J connectivity index is 1.92. The van der Waals surface area contributed by atoms with E-state index in [1.807, 2.05) is 43.0 Å². The molecule has 3 heterocycles. The fourth-order valence-corrected chi connectivity index (χ4v) is 6.70. The second kappa shape index (κ2) is 7.69. The third-order valence-corrected chi connectivity index (χ3v) is 7.87. The maximum absolute atomic E-state index is 13.5. The Morgan fingerprint density at radius 3 is 3.04 bits per heavy atom. The number of aryl methyl sites for hydroxylation is 2. The molecule has 0 spiro atoms. The lowest BCUT2D eigenvalue weighted by molar-refractivity contribution is -0.117. The summed E-state index contributed by atoms with van der Waals surface area (Å²) in [4.78, 5) is 30.2. The first-order chi connectivity index (χ1) is 13.0. The molecular weight excluding hydrogens is 398 g/mol. The molecule has 0 fully saturated rings. The number of thioether (sulfide) groups is 2. The van der Waals surface area contributed by atoms with Crippen LogP contribution in [-0.2, 0) is 11.2 Å². The third-order valence-electron chi connectivity index (χ3n) is 4.40. The van der Waals surface area contributed by atoms with Gasteiger partial charge in [0, 0.05) is 12.2 Å². The minimum Gasteiger partial charge on any atom is -0.370 e. The molecule has 8 heteroatoms. The summed E-state index contributed by atoms with van der Waals surface area (Å²) in [6.45, 7) is 2.00. The van der Waals surface area contributed by atoms with E-state index in [2.05, 4.69) is 0 Å². The number of amides is 1. The summed E-state index contributed by atoms with van der Waals surface area (Å²) in [7, 11) is 0. The van der Waals surface area contributed by atoms with Crippen LogP contribution >= 0.6 is 34.9 Å². The highest BCUT2D eigenvalue weighted by molar-refractivity contribution is 8.01. The Hall–Kier alpha value is -1.77. The number of carbonyl (C=O) groups is 1. The van der Waals surface area contributed by atoms with E-state index in [-0.39, 0.29) is 17.9 Å². The van der Waals surface area contributed by atoms with E-state index in [0.29, 0.717) is 10.9 Å². The number of nitrogens with two attached hydrogens (primary N) is 1. The summed E-state index contributed by atoms with van der Waals surface area (Å²) in [5, 5.41) is 1.37. The molecule has 0 saturated carbocycles. The van der Waals surface area contributed by atoms with Crippen LogP contribution in [0.25, 0.3) is 15.9 Å². The number of benzene rings is 1. The zero-order valence-corrected chi connectivity index (χ0v) is 17.3. The second-order valence-corrected chi connectivity index (χ2v) is 9.86. The Bertz CT molecular complexity index is 1090. The van der Waals surface area contributed by atoms with Crippen LogP contribution in [0.1, 0.15) is 24.0 Å². The molecule has 0 saturated heterocycles. The zero-order chi connectivity index (χ0) is 19.0. The van der Waals surface area contributed by atoms with Crippen LogP contribution in [0.5, 0.6) is 0 Å². The predicted octanol–water partition coefficient (Wildman–Crippen LogP) is 3.76. The van der Waals surface area contributed by atoms with Gasteiger partial charge >= 0.3 is 0 Å². The summed E-state index contributed by atoms with van der Waals surface area (Å²) in [5.74, 6) is 1.24. The predicted molar refractivity (Wildman–Crippen MR) is 114 cm³/mol. The fraction of sp³-hybridized carbons (Fsp3) is 0.316. The molecule has 1 aromatic carbocycles. The van der Waals surface area contributed by atoms with Gasteiger partial charge in [-0.15, -0.1) is 23.1 Å². The first-order valence-electron chi connectivity index (χ1n) is 8.74. The molecular formula is C19H19N3O2S3. The summed E-state index contributed by atoms with van der Waals surface area (Å²) in [6, 6.07) is 7.86. The van der Waals surface area contributed by atoms with Crippen LogP contribution < -0.4 is 11.3 Å². The molecule has 1 amide bonds. The molecule has 4 rings (SSSR count). The summed E-state index contributed by atoms with van der Waals surface area (Å²) < 4.78 is 2.91. The summed E-state index contributed by atoms with van der Waals surface area (Å²) >= 11 is 4.83. The SMILES string of the molecule is Cc1cccc(-n2c(SCCC(N)=O)nc3sc4c(c3c2=O)CCCS4)c1. The average molecular weight is 418 g/mol. The first-order valence-corrected chi connectivity index (χ1v) is 11.5. The standard InChI is InChI=1S/C19H19N3O2S3/c1-11-4-2-5-12(10-11)22-17(24)15-13-6-3-8-25-18(13)27-16(15)21-19(22)26-9-7-14(20)23/h2,4-5,10H,3,6-9H2,1H3,(H2,20,23). The van der Waals surface area contributed by atoms with E-state index in [4.69, 9.17) is 10.7 Å². The van der Waals surface area contributed by atoms with E-state index in [0.717, 1.165) is 45.6 Å². The number of thiophene rings is 1. The molecule has 2 aromatic heterocycles. The monoisotopic (exact) mass is 417 g/mol. The zero-order valence-electron chi connectivity index (χ0n) is 14.9. The van der Waals surface area contributed by atoms with E-state index in [1.54, 1.807) is 15.9 Å². The Labute approximate surface area is 169 Å². The van der Waals surface area contributed by atoms with Crippen LogP contribution in [0, 0.1) is 6.92 Å². The van der Waals surface area contributed by atoms with Gasteiger partial charge in [-0.2, -0.15) is 0 Å².